The van der Waals surface area contributed by atoms with E-state index < -0.39 is 5.56 Å². The third-order valence-electron chi connectivity index (χ3n) is 3.49. The molecule has 6 heteroatoms. The first-order chi connectivity index (χ1) is 9.52. The van der Waals surface area contributed by atoms with E-state index in [0.717, 1.165) is 12.8 Å². The van der Waals surface area contributed by atoms with Crippen molar-refractivity contribution >= 4 is 5.91 Å². The van der Waals surface area contributed by atoms with E-state index in [4.69, 9.17) is 5.26 Å². The minimum Gasteiger partial charge on any atom is -0.337 e. The molecule has 2 rings (SSSR count). The Hall–Kier alpha value is -2.16. The number of carbonyl (C=O) groups is 1. The van der Waals surface area contributed by atoms with Gasteiger partial charge in [0.15, 0.2) is 0 Å². The first-order valence-electron chi connectivity index (χ1n) is 6.81. The maximum Gasteiger partial charge on any atom is 0.263 e. The molecule has 20 heavy (non-hydrogen) atoms. The third kappa shape index (κ3) is 2.87. The van der Waals surface area contributed by atoms with Crippen LogP contribution in [0.3, 0.4) is 0 Å². The highest BCUT2D eigenvalue weighted by atomic mass is 16.2. The second kappa shape index (κ2) is 5.87. The predicted molar refractivity (Wildman–Crippen MR) is 73.2 cm³/mol. The summed E-state index contributed by atoms with van der Waals surface area (Å²) in [5.41, 5.74) is -0.360. The standard InChI is InChI=1S/C14H18N4O2/c1-9(2)12-16-7-11(13(19)17-12)14(20)18-5-3-4-10(6-15)8-18/h7,9-10H,3-5,8H2,1-2H3,(H,16,17,19)/t10-/m1/s1. The highest BCUT2D eigenvalue weighted by Crippen LogP contribution is 2.17. The normalized spacial score (nSPS) is 18.9. The van der Waals surface area contributed by atoms with Gasteiger partial charge in [-0.2, -0.15) is 5.26 Å². The van der Waals surface area contributed by atoms with Crippen LogP contribution in [0.5, 0.6) is 0 Å². The van der Waals surface area contributed by atoms with Crippen molar-refractivity contribution in [1.82, 2.24) is 14.9 Å². The number of aromatic nitrogens is 2. The van der Waals surface area contributed by atoms with Crippen LogP contribution in [0, 0.1) is 17.2 Å². The lowest BCUT2D eigenvalue weighted by molar-refractivity contribution is 0.0696. The summed E-state index contributed by atoms with van der Waals surface area (Å²) in [6.07, 6.45) is 2.94. The number of aromatic amines is 1. The van der Waals surface area contributed by atoms with E-state index in [1.165, 1.54) is 6.20 Å². The highest BCUT2D eigenvalue weighted by Gasteiger charge is 2.26. The van der Waals surface area contributed by atoms with Crippen LogP contribution in [0.1, 0.15) is 48.8 Å². The van der Waals surface area contributed by atoms with Gasteiger partial charge >= 0.3 is 0 Å². The van der Waals surface area contributed by atoms with Crippen LogP contribution in [0.2, 0.25) is 0 Å². The van der Waals surface area contributed by atoms with E-state index in [0.29, 0.717) is 18.9 Å². The van der Waals surface area contributed by atoms with Gasteiger partial charge in [-0.15, -0.1) is 0 Å². The van der Waals surface area contributed by atoms with Crippen LogP contribution in [-0.4, -0.2) is 33.9 Å². The molecule has 0 bridgehead atoms. The van der Waals surface area contributed by atoms with Crippen molar-refractivity contribution in [1.29, 1.82) is 5.26 Å². The van der Waals surface area contributed by atoms with E-state index in [1.54, 1.807) is 4.90 Å². The summed E-state index contributed by atoms with van der Waals surface area (Å²) < 4.78 is 0. The van der Waals surface area contributed by atoms with Crippen LogP contribution in [-0.2, 0) is 0 Å². The number of carbonyl (C=O) groups excluding carboxylic acids is 1. The molecule has 1 saturated heterocycles. The molecule has 1 fully saturated rings. The van der Waals surface area contributed by atoms with Crippen LogP contribution < -0.4 is 5.56 Å². The van der Waals surface area contributed by atoms with Gasteiger partial charge in [0.25, 0.3) is 11.5 Å². The maximum absolute atomic E-state index is 12.3. The lowest BCUT2D eigenvalue weighted by Gasteiger charge is -2.29. The molecule has 1 aliphatic heterocycles. The van der Waals surface area contributed by atoms with Gasteiger partial charge in [-0.3, -0.25) is 9.59 Å². The summed E-state index contributed by atoms with van der Waals surface area (Å²) in [7, 11) is 0. The molecule has 1 atom stereocenters. The molecule has 2 heterocycles. The number of nitriles is 1. The van der Waals surface area contributed by atoms with Crippen molar-refractivity contribution in [2.24, 2.45) is 5.92 Å². The Labute approximate surface area is 117 Å². The highest BCUT2D eigenvalue weighted by molar-refractivity contribution is 5.93. The van der Waals surface area contributed by atoms with E-state index in [2.05, 4.69) is 16.0 Å². The van der Waals surface area contributed by atoms with Crippen molar-refractivity contribution < 1.29 is 4.79 Å². The van der Waals surface area contributed by atoms with Crippen molar-refractivity contribution in [2.45, 2.75) is 32.6 Å². The van der Waals surface area contributed by atoms with Gasteiger partial charge < -0.3 is 9.88 Å². The van der Waals surface area contributed by atoms with Crippen LogP contribution >= 0.6 is 0 Å². The number of hydrogen-bond acceptors (Lipinski definition) is 4. The van der Waals surface area contributed by atoms with Crippen LogP contribution in [0.25, 0.3) is 0 Å². The van der Waals surface area contributed by atoms with Gasteiger partial charge in [-0.1, -0.05) is 13.8 Å². The summed E-state index contributed by atoms with van der Waals surface area (Å²) >= 11 is 0. The van der Waals surface area contributed by atoms with E-state index >= 15 is 0 Å². The van der Waals surface area contributed by atoms with Crippen LogP contribution in [0.15, 0.2) is 11.0 Å². The smallest absolute Gasteiger partial charge is 0.263 e. The van der Waals surface area contributed by atoms with Gasteiger partial charge in [0.2, 0.25) is 0 Å². The van der Waals surface area contributed by atoms with Crippen molar-refractivity contribution in [3.63, 3.8) is 0 Å². The Morgan fingerprint density at radius 3 is 2.95 bits per heavy atom. The second-order valence-electron chi connectivity index (χ2n) is 5.39. The van der Waals surface area contributed by atoms with Crippen molar-refractivity contribution in [3.05, 3.63) is 27.9 Å². The SMILES string of the molecule is CC(C)c1ncc(C(=O)N2CCC[C@H](C#N)C2)c(=O)[nH]1. The molecule has 0 radical (unpaired) electrons. The fourth-order valence-corrected chi connectivity index (χ4v) is 2.29. The molecule has 1 aromatic rings. The summed E-state index contributed by atoms with van der Waals surface area (Å²) in [5.74, 6) is 0.189. The first kappa shape index (κ1) is 14.3. The van der Waals surface area contributed by atoms with Gasteiger partial charge in [0.1, 0.15) is 11.4 Å². The molecule has 0 aromatic carbocycles. The summed E-state index contributed by atoms with van der Waals surface area (Å²) in [6, 6.07) is 2.18. The van der Waals surface area contributed by atoms with Gasteiger partial charge in [0, 0.05) is 25.2 Å². The van der Waals surface area contributed by atoms with Gasteiger partial charge in [0.05, 0.1) is 12.0 Å². The van der Waals surface area contributed by atoms with Gasteiger partial charge in [-0.25, -0.2) is 4.98 Å². The molecular formula is C14H18N4O2. The number of piperidine rings is 1. The zero-order valence-electron chi connectivity index (χ0n) is 11.7. The van der Waals surface area contributed by atoms with Crippen molar-refractivity contribution in [3.8, 4) is 6.07 Å². The topological polar surface area (TPSA) is 89.8 Å². The number of nitrogens with zero attached hydrogens (tertiary/aromatic N) is 3. The fraction of sp³-hybridized carbons (Fsp3) is 0.571. The van der Waals surface area contributed by atoms with E-state index in [9.17, 15) is 9.59 Å². The molecule has 0 spiro atoms. The minimum atomic E-state index is -0.409. The van der Waals surface area contributed by atoms with E-state index in [1.807, 2.05) is 13.8 Å². The number of amides is 1. The van der Waals surface area contributed by atoms with Crippen LogP contribution in [0.4, 0.5) is 0 Å². The third-order valence-corrected chi connectivity index (χ3v) is 3.49. The Bertz CT molecular complexity index is 600. The average Bonchev–Trinajstić information content (AvgIpc) is 2.46. The summed E-state index contributed by atoms with van der Waals surface area (Å²) in [6.45, 7) is 4.81. The first-order valence-corrected chi connectivity index (χ1v) is 6.81. The Kier molecular flexibility index (Phi) is 4.18. The zero-order valence-corrected chi connectivity index (χ0v) is 11.7. The number of likely N-dealkylation sites (tertiary alicyclic amines) is 1. The summed E-state index contributed by atoms with van der Waals surface area (Å²) in [4.78, 5) is 32.6. The quantitative estimate of drug-likeness (QED) is 0.879. The number of rotatable bonds is 2. The molecule has 0 unspecified atom stereocenters. The lowest BCUT2D eigenvalue weighted by Crippen LogP contribution is -2.41. The monoisotopic (exact) mass is 274 g/mol. The minimum absolute atomic E-state index is 0.0491. The molecule has 0 saturated carbocycles. The summed E-state index contributed by atoms with van der Waals surface area (Å²) in [5, 5.41) is 8.94. The zero-order chi connectivity index (χ0) is 14.7. The lowest BCUT2D eigenvalue weighted by atomic mass is 9.99. The molecule has 0 aliphatic carbocycles. The maximum atomic E-state index is 12.3. The molecule has 1 aromatic heterocycles. The Morgan fingerprint density at radius 2 is 2.35 bits per heavy atom. The molecular weight excluding hydrogens is 256 g/mol. The van der Waals surface area contributed by atoms with Gasteiger partial charge in [-0.05, 0) is 12.8 Å². The molecule has 106 valence electrons. The second-order valence-corrected chi connectivity index (χ2v) is 5.39. The average molecular weight is 274 g/mol. The predicted octanol–water partition coefficient (Wildman–Crippen LogP) is 1.27. The Balaban J connectivity index is 2.21. The number of hydrogen-bond donors (Lipinski definition) is 1. The molecule has 1 amide bonds. The molecule has 1 N–H and O–H groups in total. The Morgan fingerprint density at radius 1 is 1.60 bits per heavy atom. The number of H-pyrrole nitrogens is 1. The number of nitrogens with one attached hydrogen (secondary N) is 1. The van der Waals surface area contributed by atoms with Crippen molar-refractivity contribution in [2.75, 3.05) is 13.1 Å². The fourth-order valence-electron chi connectivity index (χ4n) is 2.29. The molecule has 1 aliphatic rings. The van der Waals surface area contributed by atoms with E-state index in [-0.39, 0.29) is 23.3 Å². The largest absolute Gasteiger partial charge is 0.337 e. The molecule has 6 nitrogen and oxygen atoms in total.